The molecule has 2 heteroatoms. The van der Waals surface area contributed by atoms with Gasteiger partial charge in [0.2, 0.25) is 0 Å². The Morgan fingerprint density at radius 3 is 2.53 bits per heavy atom. The largest absolute Gasteiger partial charge is 0.466 e. The summed E-state index contributed by atoms with van der Waals surface area (Å²) in [6.45, 7) is 2.16. The zero-order valence-corrected chi connectivity index (χ0v) is 9.19. The number of aryl methyl sites for hydroxylation is 1. The first kappa shape index (κ1) is 11.5. The molecule has 0 fully saturated rings. The minimum atomic E-state index is -0.326. The first-order chi connectivity index (χ1) is 7.26. The highest BCUT2D eigenvalue weighted by Crippen LogP contribution is 2.08. The molecule has 0 bridgehead atoms. The van der Waals surface area contributed by atoms with E-state index in [-0.39, 0.29) is 5.97 Å². The Morgan fingerprint density at radius 1 is 1.33 bits per heavy atom. The van der Waals surface area contributed by atoms with Crippen molar-refractivity contribution in [2.45, 2.75) is 19.8 Å². The number of hydrogen-bond donors (Lipinski definition) is 0. The highest BCUT2D eigenvalue weighted by atomic mass is 16.5. The molecule has 0 aliphatic heterocycles. The second-order valence-corrected chi connectivity index (χ2v) is 3.35. The van der Waals surface area contributed by atoms with Crippen molar-refractivity contribution < 1.29 is 9.53 Å². The van der Waals surface area contributed by atoms with Gasteiger partial charge in [-0.25, -0.2) is 4.79 Å². The highest BCUT2D eigenvalue weighted by Gasteiger charge is 1.93. The third-order valence-electron chi connectivity index (χ3n) is 2.13. The van der Waals surface area contributed by atoms with Gasteiger partial charge < -0.3 is 4.74 Å². The molecule has 0 saturated heterocycles. The van der Waals surface area contributed by atoms with Gasteiger partial charge in [-0.1, -0.05) is 37.6 Å². The minimum absolute atomic E-state index is 0.326. The Bertz CT molecular complexity index is 336. The number of methoxy groups -OCH3 is 1. The van der Waals surface area contributed by atoms with Crippen LogP contribution in [0.15, 0.2) is 30.3 Å². The molecule has 0 amide bonds. The Kier molecular flexibility index (Phi) is 4.61. The van der Waals surface area contributed by atoms with Gasteiger partial charge in [0.15, 0.2) is 0 Å². The van der Waals surface area contributed by atoms with Crippen LogP contribution in [0.2, 0.25) is 0 Å². The van der Waals surface area contributed by atoms with E-state index in [2.05, 4.69) is 23.8 Å². The molecule has 15 heavy (non-hydrogen) atoms. The van der Waals surface area contributed by atoms with E-state index in [0.717, 1.165) is 18.4 Å². The second kappa shape index (κ2) is 6.02. The summed E-state index contributed by atoms with van der Waals surface area (Å²) in [5.41, 5.74) is 2.34. The summed E-state index contributed by atoms with van der Waals surface area (Å²) >= 11 is 0. The fourth-order valence-corrected chi connectivity index (χ4v) is 1.32. The molecule has 1 aromatic rings. The van der Waals surface area contributed by atoms with Crippen LogP contribution in [0.3, 0.4) is 0 Å². The molecule has 1 aromatic carbocycles. The van der Waals surface area contributed by atoms with Gasteiger partial charge in [-0.2, -0.15) is 0 Å². The van der Waals surface area contributed by atoms with E-state index in [1.807, 2.05) is 12.1 Å². The van der Waals surface area contributed by atoms with E-state index in [4.69, 9.17) is 0 Å². The van der Waals surface area contributed by atoms with E-state index in [0.29, 0.717) is 0 Å². The van der Waals surface area contributed by atoms with E-state index < -0.39 is 0 Å². The van der Waals surface area contributed by atoms with Crippen molar-refractivity contribution >= 4 is 12.0 Å². The number of benzene rings is 1. The number of hydrogen-bond acceptors (Lipinski definition) is 2. The van der Waals surface area contributed by atoms with Crippen LogP contribution in [0.4, 0.5) is 0 Å². The Morgan fingerprint density at radius 2 is 2.00 bits per heavy atom. The first-order valence-electron chi connectivity index (χ1n) is 5.11. The van der Waals surface area contributed by atoms with Crippen molar-refractivity contribution in [1.29, 1.82) is 0 Å². The van der Waals surface area contributed by atoms with Gasteiger partial charge in [0.05, 0.1) is 7.11 Å². The smallest absolute Gasteiger partial charge is 0.330 e. The van der Waals surface area contributed by atoms with Crippen molar-refractivity contribution in [3.05, 3.63) is 41.5 Å². The average Bonchev–Trinajstić information content (AvgIpc) is 2.28. The van der Waals surface area contributed by atoms with Gasteiger partial charge >= 0.3 is 5.97 Å². The van der Waals surface area contributed by atoms with Gasteiger partial charge in [0.25, 0.3) is 0 Å². The molecular formula is C13H16O2. The lowest BCUT2D eigenvalue weighted by atomic mass is 10.1. The number of esters is 1. The van der Waals surface area contributed by atoms with E-state index in [1.54, 1.807) is 6.08 Å². The molecule has 80 valence electrons. The van der Waals surface area contributed by atoms with Crippen LogP contribution in [-0.4, -0.2) is 13.1 Å². The molecule has 0 N–H and O–H groups in total. The van der Waals surface area contributed by atoms with E-state index in [1.165, 1.54) is 18.7 Å². The maximum Gasteiger partial charge on any atom is 0.330 e. The van der Waals surface area contributed by atoms with Crippen LogP contribution >= 0.6 is 0 Å². The molecule has 0 saturated carbocycles. The monoisotopic (exact) mass is 204 g/mol. The predicted octanol–water partition coefficient (Wildman–Crippen LogP) is 2.83. The summed E-state index contributed by atoms with van der Waals surface area (Å²) in [5, 5.41) is 0. The van der Waals surface area contributed by atoms with Crippen molar-refractivity contribution in [3.8, 4) is 0 Å². The van der Waals surface area contributed by atoms with Gasteiger partial charge in [0, 0.05) is 6.08 Å². The molecule has 0 aromatic heterocycles. The normalized spacial score (nSPS) is 10.5. The fraction of sp³-hybridized carbons (Fsp3) is 0.308. The summed E-state index contributed by atoms with van der Waals surface area (Å²) in [6, 6.07) is 8.18. The number of ether oxygens (including phenoxy) is 1. The first-order valence-corrected chi connectivity index (χ1v) is 5.11. The second-order valence-electron chi connectivity index (χ2n) is 3.35. The van der Waals surface area contributed by atoms with Crippen LogP contribution < -0.4 is 0 Å². The maximum absolute atomic E-state index is 10.8. The molecule has 2 nitrogen and oxygen atoms in total. The maximum atomic E-state index is 10.8. The number of carbonyl (C=O) groups excluding carboxylic acids is 1. The van der Waals surface area contributed by atoms with Gasteiger partial charge in [-0.05, 0) is 23.6 Å². The lowest BCUT2D eigenvalue weighted by Gasteiger charge is -1.98. The van der Waals surface area contributed by atoms with Crippen LogP contribution in [0.5, 0.6) is 0 Å². The topological polar surface area (TPSA) is 26.3 Å². The molecule has 0 atom stereocenters. The molecule has 0 aliphatic carbocycles. The van der Waals surface area contributed by atoms with Crippen LogP contribution in [0.1, 0.15) is 24.5 Å². The summed E-state index contributed by atoms with van der Waals surface area (Å²) in [4.78, 5) is 10.8. The van der Waals surface area contributed by atoms with Gasteiger partial charge in [-0.3, -0.25) is 0 Å². The van der Waals surface area contributed by atoms with Gasteiger partial charge in [-0.15, -0.1) is 0 Å². The number of rotatable bonds is 4. The Hall–Kier alpha value is -1.57. The van der Waals surface area contributed by atoms with Crippen molar-refractivity contribution in [2.75, 3.05) is 7.11 Å². The van der Waals surface area contributed by atoms with Crippen molar-refractivity contribution in [3.63, 3.8) is 0 Å². The Labute approximate surface area is 90.6 Å². The standard InChI is InChI=1S/C13H16O2/c1-3-4-11-5-7-12(8-6-11)9-10-13(14)15-2/h5-10H,3-4H2,1-2H3. The third-order valence-corrected chi connectivity index (χ3v) is 2.13. The van der Waals surface area contributed by atoms with Crippen molar-refractivity contribution in [1.82, 2.24) is 0 Å². The molecule has 0 aliphatic rings. The molecule has 1 rings (SSSR count). The molecule has 0 unspecified atom stereocenters. The van der Waals surface area contributed by atoms with Crippen LogP contribution in [-0.2, 0) is 16.0 Å². The van der Waals surface area contributed by atoms with Crippen LogP contribution in [0, 0.1) is 0 Å². The third kappa shape index (κ3) is 3.98. The molecular weight excluding hydrogens is 188 g/mol. The molecule has 0 heterocycles. The SMILES string of the molecule is CCCc1ccc(C=CC(=O)OC)cc1. The summed E-state index contributed by atoms with van der Waals surface area (Å²) in [5.74, 6) is -0.326. The minimum Gasteiger partial charge on any atom is -0.466 e. The predicted molar refractivity (Wildman–Crippen MR) is 61.5 cm³/mol. The van der Waals surface area contributed by atoms with Gasteiger partial charge in [0.1, 0.15) is 0 Å². The van der Waals surface area contributed by atoms with Crippen LogP contribution in [0.25, 0.3) is 6.08 Å². The average molecular weight is 204 g/mol. The zero-order valence-electron chi connectivity index (χ0n) is 9.19. The Balaban J connectivity index is 2.64. The lowest BCUT2D eigenvalue weighted by molar-refractivity contribution is -0.134. The highest BCUT2D eigenvalue weighted by molar-refractivity contribution is 5.86. The zero-order chi connectivity index (χ0) is 11.1. The lowest BCUT2D eigenvalue weighted by Crippen LogP contribution is -1.93. The van der Waals surface area contributed by atoms with E-state index >= 15 is 0 Å². The molecule has 0 spiro atoms. The van der Waals surface area contributed by atoms with E-state index in [9.17, 15) is 4.79 Å². The quantitative estimate of drug-likeness (QED) is 0.557. The summed E-state index contributed by atoms with van der Waals surface area (Å²) in [6.07, 6.45) is 5.43. The summed E-state index contributed by atoms with van der Waals surface area (Å²) in [7, 11) is 1.37. The number of carbonyl (C=O) groups is 1. The molecule has 0 radical (unpaired) electrons. The van der Waals surface area contributed by atoms with Crippen molar-refractivity contribution in [2.24, 2.45) is 0 Å². The summed E-state index contributed by atoms with van der Waals surface area (Å²) < 4.78 is 4.51. The fourth-order valence-electron chi connectivity index (χ4n) is 1.32.